The zero-order valence-electron chi connectivity index (χ0n) is 18.2. The fourth-order valence-electron chi connectivity index (χ4n) is 4.01. The van der Waals surface area contributed by atoms with Gasteiger partial charge in [0.05, 0.1) is 12.2 Å². The van der Waals surface area contributed by atoms with Crippen LogP contribution in [-0.4, -0.2) is 40.6 Å². The van der Waals surface area contributed by atoms with Crippen molar-refractivity contribution in [3.8, 4) is 5.75 Å². The molecule has 1 atom stereocenters. The summed E-state index contributed by atoms with van der Waals surface area (Å²) in [5.41, 5.74) is -2.11. The molecule has 0 aliphatic carbocycles. The number of aliphatic hydroxyl groups is 1. The van der Waals surface area contributed by atoms with Gasteiger partial charge in [-0.3, -0.25) is 14.6 Å². The van der Waals surface area contributed by atoms with E-state index in [1.807, 2.05) is 0 Å². The van der Waals surface area contributed by atoms with Crippen LogP contribution in [0.4, 0.5) is 13.2 Å². The number of fused-ring (bicyclic) bond motifs is 1. The summed E-state index contributed by atoms with van der Waals surface area (Å²) in [6, 6.07) is 7.20. The monoisotopic (exact) mass is 477 g/mol. The van der Waals surface area contributed by atoms with Crippen LogP contribution >= 0.6 is 0 Å². The zero-order chi connectivity index (χ0) is 24.5. The number of hydrogen-bond acceptors (Lipinski definition) is 6. The first-order valence-corrected chi connectivity index (χ1v) is 10.5. The number of ether oxygens (including phenoxy) is 1. The Morgan fingerprint density at radius 3 is 2.85 bits per heavy atom. The van der Waals surface area contributed by atoms with E-state index in [9.17, 15) is 27.9 Å². The second kappa shape index (κ2) is 8.98. The van der Waals surface area contributed by atoms with Crippen molar-refractivity contribution in [2.75, 3.05) is 13.2 Å². The van der Waals surface area contributed by atoms with Crippen molar-refractivity contribution in [1.82, 2.24) is 15.6 Å². The van der Waals surface area contributed by atoms with E-state index < -0.39 is 35.8 Å². The third kappa shape index (κ3) is 4.43. The molecule has 8 nitrogen and oxygen atoms in total. The van der Waals surface area contributed by atoms with Gasteiger partial charge in [-0.15, -0.1) is 0 Å². The lowest BCUT2D eigenvalue weighted by atomic mass is 9.89. The molecule has 0 spiro atoms. The van der Waals surface area contributed by atoms with E-state index in [2.05, 4.69) is 15.6 Å². The third-order valence-electron chi connectivity index (χ3n) is 5.74. The Kier molecular flexibility index (Phi) is 6.22. The molecule has 1 aliphatic heterocycles. The molecule has 2 aromatic heterocycles. The summed E-state index contributed by atoms with van der Waals surface area (Å²) in [5, 5.41) is 15.5. The number of carbonyl (C=O) groups excluding carboxylic acids is 2. The number of benzene rings is 1. The summed E-state index contributed by atoms with van der Waals surface area (Å²) in [4.78, 5) is 28.9. The Balaban J connectivity index is 1.60. The van der Waals surface area contributed by atoms with Gasteiger partial charge >= 0.3 is 6.18 Å². The lowest BCUT2D eigenvalue weighted by molar-refractivity contribution is -0.142. The number of nitrogens with one attached hydrogen (secondary N) is 2. The predicted octanol–water partition coefficient (Wildman–Crippen LogP) is 3.10. The molecule has 1 unspecified atom stereocenters. The molecule has 4 rings (SSSR count). The number of pyridine rings is 1. The molecule has 1 fully saturated rings. The van der Waals surface area contributed by atoms with Crippen molar-refractivity contribution in [3.63, 3.8) is 0 Å². The maximum Gasteiger partial charge on any atom is 0.433 e. The number of aliphatic hydroxyl groups excluding tert-OH is 1. The normalized spacial score (nSPS) is 18.6. The number of amides is 2. The summed E-state index contributed by atoms with van der Waals surface area (Å²) < 4.78 is 50.8. The van der Waals surface area contributed by atoms with Crippen LogP contribution in [-0.2, 0) is 17.6 Å². The highest BCUT2D eigenvalue weighted by atomic mass is 19.4. The Bertz CT molecular complexity index is 1240. The molecule has 2 amide bonds. The van der Waals surface area contributed by atoms with E-state index in [1.165, 1.54) is 30.3 Å². The van der Waals surface area contributed by atoms with Crippen molar-refractivity contribution in [2.24, 2.45) is 0 Å². The van der Waals surface area contributed by atoms with Gasteiger partial charge in [-0.05, 0) is 44.0 Å². The smallest absolute Gasteiger partial charge is 0.433 e. The van der Waals surface area contributed by atoms with E-state index in [-0.39, 0.29) is 35.7 Å². The van der Waals surface area contributed by atoms with Crippen LogP contribution in [0.5, 0.6) is 5.75 Å². The first kappa shape index (κ1) is 23.6. The van der Waals surface area contributed by atoms with E-state index in [4.69, 9.17) is 9.15 Å². The molecular weight excluding hydrogens is 455 g/mol. The number of carbonyl (C=O) groups is 2. The topological polar surface area (TPSA) is 114 Å². The van der Waals surface area contributed by atoms with Gasteiger partial charge < -0.3 is 24.9 Å². The van der Waals surface area contributed by atoms with E-state index in [0.717, 1.165) is 6.20 Å². The fraction of sp³-hybridized carbons (Fsp3) is 0.348. The van der Waals surface area contributed by atoms with Crippen molar-refractivity contribution >= 4 is 22.8 Å². The first-order valence-electron chi connectivity index (χ1n) is 10.5. The van der Waals surface area contributed by atoms with Crippen LogP contribution in [0.2, 0.25) is 0 Å². The second-order valence-corrected chi connectivity index (χ2v) is 8.04. The van der Waals surface area contributed by atoms with Crippen molar-refractivity contribution in [3.05, 3.63) is 59.1 Å². The average molecular weight is 477 g/mol. The summed E-state index contributed by atoms with van der Waals surface area (Å²) in [6.45, 7) is 1.08. The molecule has 1 saturated heterocycles. The Hall–Kier alpha value is -3.60. The number of halogens is 3. The van der Waals surface area contributed by atoms with Crippen molar-refractivity contribution in [1.29, 1.82) is 0 Å². The van der Waals surface area contributed by atoms with E-state index >= 15 is 0 Å². The van der Waals surface area contributed by atoms with Gasteiger partial charge in [-0.25, -0.2) is 0 Å². The molecule has 11 heteroatoms. The van der Waals surface area contributed by atoms with Crippen LogP contribution in [0, 0.1) is 6.92 Å². The zero-order valence-corrected chi connectivity index (χ0v) is 18.2. The van der Waals surface area contributed by atoms with Gasteiger partial charge in [-0.2, -0.15) is 13.2 Å². The molecular formula is C23H22F3N3O5. The molecule has 1 aliphatic rings. The van der Waals surface area contributed by atoms with Crippen molar-refractivity contribution < 1.29 is 37.0 Å². The van der Waals surface area contributed by atoms with Gasteiger partial charge in [0, 0.05) is 23.7 Å². The van der Waals surface area contributed by atoms with E-state index in [1.54, 1.807) is 6.92 Å². The number of nitrogens with zero attached hydrogens (tertiary/aromatic N) is 1. The number of aromatic nitrogens is 1. The molecule has 0 saturated carbocycles. The van der Waals surface area contributed by atoms with Crippen LogP contribution in [0.25, 0.3) is 11.0 Å². The first-order chi connectivity index (χ1) is 16.1. The summed E-state index contributed by atoms with van der Waals surface area (Å²) in [7, 11) is 0. The highest BCUT2D eigenvalue weighted by molar-refractivity contribution is 6.09. The summed E-state index contributed by atoms with van der Waals surface area (Å²) in [6.07, 6.45) is -2.70. The van der Waals surface area contributed by atoms with Gasteiger partial charge in [0.15, 0.2) is 5.69 Å². The third-order valence-corrected chi connectivity index (χ3v) is 5.74. The lowest BCUT2D eigenvalue weighted by Crippen LogP contribution is -2.63. The molecule has 180 valence electrons. The van der Waals surface area contributed by atoms with Gasteiger partial charge in [0.25, 0.3) is 5.91 Å². The van der Waals surface area contributed by atoms with Gasteiger partial charge in [-0.1, -0.05) is 6.07 Å². The van der Waals surface area contributed by atoms with Crippen LogP contribution in [0.15, 0.2) is 40.9 Å². The molecule has 34 heavy (non-hydrogen) atoms. The fourth-order valence-corrected chi connectivity index (χ4v) is 4.01. The number of alkyl halides is 3. The SMILES string of the molecule is Cc1oc2ccc(OCc3cccnc3C(F)(F)F)cc2c1C(=O)NC1(CO)CCCNC1=O. The number of hydrogen-bond donors (Lipinski definition) is 3. The maximum atomic E-state index is 13.2. The maximum absolute atomic E-state index is 13.2. The Labute approximate surface area is 192 Å². The summed E-state index contributed by atoms with van der Waals surface area (Å²) in [5.74, 6) is -0.598. The van der Waals surface area contributed by atoms with Crippen LogP contribution < -0.4 is 15.4 Å². The Morgan fingerprint density at radius 1 is 1.35 bits per heavy atom. The highest BCUT2D eigenvalue weighted by Crippen LogP contribution is 2.32. The minimum Gasteiger partial charge on any atom is -0.489 e. The lowest BCUT2D eigenvalue weighted by Gasteiger charge is -2.35. The van der Waals surface area contributed by atoms with Crippen molar-refractivity contribution in [2.45, 2.75) is 38.1 Å². The molecule has 0 radical (unpaired) electrons. The number of piperidine rings is 1. The largest absolute Gasteiger partial charge is 0.489 e. The summed E-state index contributed by atoms with van der Waals surface area (Å²) >= 11 is 0. The molecule has 0 bridgehead atoms. The van der Waals surface area contributed by atoms with E-state index in [0.29, 0.717) is 23.9 Å². The number of rotatable bonds is 6. The minimum absolute atomic E-state index is 0.135. The molecule has 3 N–H and O–H groups in total. The number of aryl methyl sites for hydroxylation is 1. The van der Waals surface area contributed by atoms with Crippen LogP contribution in [0.1, 0.15) is 40.2 Å². The standard InChI is InChI=1S/C23H22F3N3O5/c1-13-18(20(31)29-22(12-30)7-3-9-28-21(22)32)16-10-15(5-6-17(16)34-13)33-11-14-4-2-8-27-19(14)23(24,25)26/h2,4-6,8,10,30H,3,7,9,11-12H2,1H3,(H,28,32)(H,29,31). The minimum atomic E-state index is -4.62. The van der Waals surface area contributed by atoms with Gasteiger partial charge in [0.2, 0.25) is 5.91 Å². The Morgan fingerprint density at radius 2 is 2.15 bits per heavy atom. The highest BCUT2D eigenvalue weighted by Gasteiger charge is 2.42. The number of furan rings is 1. The molecule has 3 aromatic rings. The average Bonchev–Trinajstić information content (AvgIpc) is 3.14. The second-order valence-electron chi connectivity index (χ2n) is 8.04. The molecule has 3 heterocycles. The van der Waals surface area contributed by atoms with Gasteiger partial charge in [0.1, 0.15) is 29.2 Å². The molecule has 1 aromatic carbocycles. The quantitative estimate of drug-likeness (QED) is 0.503. The van der Waals surface area contributed by atoms with Crippen LogP contribution in [0.3, 0.4) is 0 Å². The predicted molar refractivity (Wildman–Crippen MR) is 114 cm³/mol.